The molecule has 2 aromatic rings. The Balaban J connectivity index is 2.16. The standard InChI is InChI=1S/C14H16ClNS/c1-10(16)13(14-3-2-8-17-14)9-11-4-6-12(15)7-5-11/h2-8,10,13H,9,16H2,1H3/t10-,13+/m0/s1. The van der Waals surface area contributed by atoms with Crippen LogP contribution in [0.15, 0.2) is 41.8 Å². The minimum Gasteiger partial charge on any atom is -0.327 e. The molecule has 3 heteroatoms. The van der Waals surface area contributed by atoms with E-state index < -0.39 is 0 Å². The molecule has 1 nitrogen and oxygen atoms in total. The highest BCUT2D eigenvalue weighted by Crippen LogP contribution is 2.27. The van der Waals surface area contributed by atoms with Crippen LogP contribution in [0.3, 0.4) is 0 Å². The number of benzene rings is 1. The first-order valence-corrected chi connectivity index (χ1v) is 6.96. The van der Waals surface area contributed by atoms with Gasteiger partial charge in [-0.1, -0.05) is 29.8 Å². The summed E-state index contributed by atoms with van der Waals surface area (Å²) in [6, 6.07) is 12.4. The zero-order chi connectivity index (χ0) is 12.3. The number of thiophene rings is 1. The molecule has 2 atom stereocenters. The van der Waals surface area contributed by atoms with E-state index in [1.54, 1.807) is 11.3 Å². The molecule has 0 spiro atoms. The Kier molecular flexibility index (Phi) is 4.21. The van der Waals surface area contributed by atoms with Crippen LogP contribution in [0, 0.1) is 0 Å². The summed E-state index contributed by atoms with van der Waals surface area (Å²) >= 11 is 7.66. The minimum absolute atomic E-state index is 0.157. The molecule has 0 fully saturated rings. The molecule has 0 saturated heterocycles. The van der Waals surface area contributed by atoms with Crippen LogP contribution in [0.1, 0.15) is 23.3 Å². The highest BCUT2D eigenvalue weighted by Gasteiger charge is 2.17. The van der Waals surface area contributed by atoms with E-state index in [1.807, 2.05) is 12.1 Å². The summed E-state index contributed by atoms with van der Waals surface area (Å²) in [5.74, 6) is 0.385. The van der Waals surface area contributed by atoms with E-state index in [2.05, 4.69) is 36.6 Å². The van der Waals surface area contributed by atoms with Crippen molar-refractivity contribution in [2.45, 2.75) is 25.3 Å². The monoisotopic (exact) mass is 265 g/mol. The Morgan fingerprint density at radius 2 is 1.94 bits per heavy atom. The summed E-state index contributed by atoms with van der Waals surface area (Å²) in [5.41, 5.74) is 7.37. The average molecular weight is 266 g/mol. The SMILES string of the molecule is C[C@H](N)[C@@H](Cc1ccc(Cl)cc1)c1cccs1. The van der Waals surface area contributed by atoms with Crippen molar-refractivity contribution in [1.82, 2.24) is 0 Å². The van der Waals surface area contributed by atoms with Crippen LogP contribution in [-0.2, 0) is 6.42 Å². The lowest BCUT2D eigenvalue weighted by Crippen LogP contribution is -2.25. The number of nitrogens with two attached hydrogens (primary N) is 1. The van der Waals surface area contributed by atoms with E-state index in [1.165, 1.54) is 10.4 Å². The highest BCUT2D eigenvalue weighted by atomic mass is 35.5. The van der Waals surface area contributed by atoms with Crippen LogP contribution >= 0.6 is 22.9 Å². The second-order valence-electron chi connectivity index (χ2n) is 4.31. The van der Waals surface area contributed by atoms with E-state index in [9.17, 15) is 0 Å². The maximum Gasteiger partial charge on any atom is 0.0406 e. The number of rotatable bonds is 4. The Morgan fingerprint density at radius 1 is 1.24 bits per heavy atom. The molecular weight excluding hydrogens is 250 g/mol. The molecule has 1 heterocycles. The van der Waals surface area contributed by atoms with Crippen LogP contribution < -0.4 is 5.73 Å². The van der Waals surface area contributed by atoms with E-state index in [0.29, 0.717) is 5.92 Å². The van der Waals surface area contributed by atoms with Crippen molar-refractivity contribution in [3.05, 3.63) is 57.2 Å². The maximum atomic E-state index is 6.09. The van der Waals surface area contributed by atoms with Gasteiger partial charge >= 0.3 is 0 Å². The van der Waals surface area contributed by atoms with Gasteiger partial charge in [-0.2, -0.15) is 0 Å². The summed E-state index contributed by atoms with van der Waals surface area (Å²) in [7, 11) is 0. The van der Waals surface area contributed by atoms with Crippen molar-refractivity contribution < 1.29 is 0 Å². The molecule has 0 aliphatic heterocycles. The molecule has 0 amide bonds. The van der Waals surface area contributed by atoms with E-state index in [4.69, 9.17) is 17.3 Å². The van der Waals surface area contributed by atoms with Gasteiger partial charge in [0, 0.05) is 21.9 Å². The molecule has 2 rings (SSSR count). The molecule has 1 aromatic heterocycles. The third-order valence-electron chi connectivity index (χ3n) is 2.91. The van der Waals surface area contributed by atoms with Crippen molar-refractivity contribution in [2.75, 3.05) is 0 Å². The Morgan fingerprint density at radius 3 is 2.47 bits per heavy atom. The molecule has 0 aliphatic rings. The Labute approximate surface area is 111 Å². The van der Waals surface area contributed by atoms with E-state index in [0.717, 1.165) is 11.4 Å². The van der Waals surface area contributed by atoms with E-state index in [-0.39, 0.29) is 6.04 Å². The lowest BCUT2D eigenvalue weighted by Gasteiger charge is -2.19. The minimum atomic E-state index is 0.157. The molecule has 90 valence electrons. The molecule has 0 aliphatic carbocycles. The summed E-state index contributed by atoms with van der Waals surface area (Å²) in [4.78, 5) is 1.36. The number of hydrogen-bond donors (Lipinski definition) is 1. The predicted molar refractivity (Wildman–Crippen MR) is 75.9 cm³/mol. The fourth-order valence-corrected chi connectivity index (χ4v) is 2.99. The summed E-state index contributed by atoms with van der Waals surface area (Å²) in [5, 5.41) is 2.88. The summed E-state index contributed by atoms with van der Waals surface area (Å²) < 4.78 is 0. The van der Waals surface area contributed by atoms with Gasteiger partial charge in [0.2, 0.25) is 0 Å². The lowest BCUT2D eigenvalue weighted by atomic mass is 9.92. The van der Waals surface area contributed by atoms with Crippen LogP contribution in [0.5, 0.6) is 0 Å². The van der Waals surface area contributed by atoms with Crippen molar-refractivity contribution in [3.63, 3.8) is 0 Å². The topological polar surface area (TPSA) is 26.0 Å². The van der Waals surface area contributed by atoms with Crippen LogP contribution in [0.4, 0.5) is 0 Å². The number of hydrogen-bond acceptors (Lipinski definition) is 2. The summed E-state index contributed by atoms with van der Waals surface area (Å²) in [6.07, 6.45) is 0.968. The van der Waals surface area contributed by atoms with Gasteiger partial charge in [-0.3, -0.25) is 0 Å². The molecule has 17 heavy (non-hydrogen) atoms. The number of halogens is 1. The van der Waals surface area contributed by atoms with Gasteiger partial charge in [0.25, 0.3) is 0 Å². The fraction of sp³-hybridized carbons (Fsp3) is 0.286. The Hall–Kier alpha value is -0.830. The maximum absolute atomic E-state index is 6.09. The van der Waals surface area contributed by atoms with Gasteiger partial charge in [-0.05, 0) is 42.5 Å². The third-order valence-corrected chi connectivity index (χ3v) is 4.17. The van der Waals surface area contributed by atoms with Crippen molar-refractivity contribution in [2.24, 2.45) is 5.73 Å². The smallest absolute Gasteiger partial charge is 0.0406 e. The average Bonchev–Trinajstić information content (AvgIpc) is 2.81. The van der Waals surface area contributed by atoms with Crippen LogP contribution in [-0.4, -0.2) is 6.04 Å². The van der Waals surface area contributed by atoms with Crippen molar-refractivity contribution in [1.29, 1.82) is 0 Å². The van der Waals surface area contributed by atoms with Gasteiger partial charge < -0.3 is 5.73 Å². The van der Waals surface area contributed by atoms with E-state index >= 15 is 0 Å². The fourth-order valence-electron chi connectivity index (χ4n) is 1.92. The van der Waals surface area contributed by atoms with Crippen molar-refractivity contribution >= 4 is 22.9 Å². The van der Waals surface area contributed by atoms with Gasteiger partial charge in [-0.25, -0.2) is 0 Å². The zero-order valence-electron chi connectivity index (χ0n) is 9.77. The zero-order valence-corrected chi connectivity index (χ0v) is 11.3. The largest absolute Gasteiger partial charge is 0.327 e. The van der Waals surface area contributed by atoms with Gasteiger partial charge in [-0.15, -0.1) is 11.3 Å². The second kappa shape index (κ2) is 5.67. The second-order valence-corrected chi connectivity index (χ2v) is 5.73. The molecule has 0 saturated carbocycles. The summed E-state index contributed by atoms with van der Waals surface area (Å²) in [6.45, 7) is 2.07. The first-order valence-electron chi connectivity index (χ1n) is 5.70. The van der Waals surface area contributed by atoms with Crippen LogP contribution in [0.2, 0.25) is 5.02 Å². The quantitative estimate of drug-likeness (QED) is 0.886. The molecule has 0 unspecified atom stereocenters. The lowest BCUT2D eigenvalue weighted by molar-refractivity contribution is 0.573. The molecular formula is C14H16ClNS. The van der Waals surface area contributed by atoms with Gasteiger partial charge in [0.05, 0.1) is 0 Å². The normalized spacial score (nSPS) is 14.5. The van der Waals surface area contributed by atoms with Gasteiger partial charge in [0.15, 0.2) is 0 Å². The van der Waals surface area contributed by atoms with Crippen LogP contribution in [0.25, 0.3) is 0 Å². The first-order chi connectivity index (χ1) is 8.16. The molecule has 0 radical (unpaired) electrons. The predicted octanol–water partition coefficient (Wildman–Crippen LogP) is 4.08. The third kappa shape index (κ3) is 3.32. The Bertz CT molecular complexity index is 448. The van der Waals surface area contributed by atoms with Crippen molar-refractivity contribution in [3.8, 4) is 0 Å². The highest BCUT2D eigenvalue weighted by molar-refractivity contribution is 7.10. The molecule has 2 N–H and O–H groups in total. The molecule has 1 aromatic carbocycles. The molecule has 0 bridgehead atoms. The first kappa shape index (κ1) is 12.6. The van der Waals surface area contributed by atoms with Gasteiger partial charge in [0.1, 0.15) is 0 Å².